The molecule has 0 bridgehead atoms. The maximum absolute atomic E-state index is 13.6. The highest BCUT2D eigenvalue weighted by Gasteiger charge is 2.20. The fourth-order valence-electron chi connectivity index (χ4n) is 2.87. The molecule has 0 saturated heterocycles. The van der Waals surface area contributed by atoms with Crippen molar-refractivity contribution in [1.29, 1.82) is 0 Å². The van der Waals surface area contributed by atoms with Gasteiger partial charge in [0.2, 0.25) is 0 Å². The van der Waals surface area contributed by atoms with Gasteiger partial charge in [-0.15, -0.1) is 0 Å². The minimum absolute atomic E-state index is 0.190. The molecule has 0 aliphatic rings. The van der Waals surface area contributed by atoms with Gasteiger partial charge in [0.15, 0.2) is 4.77 Å². The van der Waals surface area contributed by atoms with Gasteiger partial charge in [0.05, 0.1) is 11.0 Å². The molecule has 1 aromatic carbocycles. The highest BCUT2D eigenvalue weighted by atomic mass is 32.1. The lowest BCUT2D eigenvalue weighted by Crippen LogP contribution is -2.21. The lowest BCUT2D eigenvalue weighted by Gasteiger charge is -2.25. The highest BCUT2D eigenvalue weighted by molar-refractivity contribution is 7.71. The van der Waals surface area contributed by atoms with Crippen LogP contribution >= 0.6 is 12.2 Å². The van der Waals surface area contributed by atoms with E-state index in [1.807, 2.05) is 6.07 Å². The number of aromatic nitrogens is 2. The number of nitrogens with zero attached hydrogens (tertiary/aromatic N) is 1. The molecule has 1 N–H and O–H groups in total. The van der Waals surface area contributed by atoms with Crippen molar-refractivity contribution >= 4 is 23.3 Å². The summed E-state index contributed by atoms with van der Waals surface area (Å²) in [7, 11) is 0. The second-order valence-electron chi connectivity index (χ2n) is 6.31. The van der Waals surface area contributed by atoms with Crippen molar-refractivity contribution in [3.63, 3.8) is 0 Å². The Kier molecular flexibility index (Phi) is 4.33. The number of H-pyrrole nitrogens is 1. The number of aromatic amines is 1. The molecule has 0 unspecified atom stereocenters. The average molecular weight is 294 g/mol. The summed E-state index contributed by atoms with van der Waals surface area (Å²) in [4.78, 5) is 3.12. The van der Waals surface area contributed by atoms with E-state index in [9.17, 15) is 4.39 Å². The third-order valence-corrected chi connectivity index (χ3v) is 4.48. The molecule has 0 amide bonds. The largest absolute Gasteiger partial charge is 0.330 e. The van der Waals surface area contributed by atoms with Crippen LogP contribution in [0.1, 0.15) is 33.3 Å². The fraction of sp³-hybridized carbons (Fsp3) is 0.562. The molecule has 0 fully saturated rings. The number of halogens is 1. The molecular formula is C16H23FN2S. The first-order valence-electron chi connectivity index (χ1n) is 7.20. The molecule has 0 aliphatic heterocycles. The molecule has 1 heterocycles. The average Bonchev–Trinajstić information content (AvgIpc) is 2.61. The fourth-order valence-corrected chi connectivity index (χ4v) is 3.15. The Morgan fingerprint density at radius 2 is 1.80 bits per heavy atom. The predicted molar refractivity (Wildman–Crippen MR) is 85.0 cm³/mol. The number of nitrogens with one attached hydrogen (secondary N) is 1. The van der Waals surface area contributed by atoms with Gasteiger partial charge in [-0.2, -0.15) is 0 Å². The summed E-state index contributed by atoms with van der Waals surface area (Å²) in [6.45, 7) is 11.6. The van der Waals surface area contributed by atoms with E-state index < -0.39 is 0 Å². The van der Waals surface area contributed by atoms with E-state index in [0.29, 0.717) is 28.1 Å². The van der Waals surface area contributed by atoms with Gasteiger partial charge >= 0.3 is 0 Å². The van der Waals surface area contributed by atoms with Crippen LogP contribution in [0.4, 0.5) is 4.39 Å². The van der Waals surface area contributed by atoms with Gasteiger partial charge in [-0.25, -0.2) is 4.39 Å². The number of hydrogen-bond donors (Lipinski definition) is 1. The molecule has 0 atom stereocenters. The van der Waals surface area contributed by atoms with Crippen molar-refractivity contribution in [3.05, 3.63) is 28.3 Å². The lowest BCUT2D eigenvalue weighted by molar-refractivity contribution is 0.253. The Labute approximate surface area is 125 Å². The van der Waals surface area contributed by atoms with Crippen LogP contribution in [0.5, 0.6) is 0 Å². The van der Waals surface area contributed by atoms with Crippen LogP contribution in [0.15, 0.2) is 12.1 Å². The molecule has 110 valence electrons. The topological polar surface area (TPSA) is 20.7 Å². The second kappa shape index (κ2) is 5.68. The van der Waals surface area contributed by atoms with E-state index in [4.69, 9.17) is 12.2 Å². The standard InChI is InChI=1S/C16H23FN2S/c1-9(2)12(10(3)4)8-19-15-6-11(5)13(17)7-14(15)18-16(19)20/h6-7,9-10,12H,8H2,1-5H3,(H,18,20). The molecule has 1 aromatic heterocycles. The molecule has 0 aliphatic carbocycles. The van der Waals surface area contributed by atoms with E-state index >= 15 is 0 Å². The van der Waals surface area contributed by atoms with E-state index in [0.717, 1.165) is 17.6 Å². The molecule has 0 radical (unpaired) electrons. The summed E-state index contributed by atoms with van der Waals surface area (Å²) >= 11 is 5.42. The normalized spacial score (nSPS) is 12.2. The molecule has 4 heteroatoms. The van der Waals surface area contributed by atoms with Crippen LogP contribution in [0, 0.1) is 35.3 Å². The molecule has 2 aromatic rings. The predicted octanol–water partition coefficient (Wildman–Crippen LogP) is 5.07. The molecule has 2 rings (SSSR count). The second-order valence-corrected chi connectivity index (χ2v) is 6.70. The minimum Gasteiger partial charge on any atom is -0.330 e. The molecule has 2 nitrogen and oxygen atoms in total. The quantitative estimate of drug-likeness (QED) is 0.780. The van der Waals surface area contributed by atoms with Crippen LogP contribution in [0.25, 0.3) is 11.0 Å². The number of fused-ring (bicyclic) bond motifs is 1. The number of aryl methyl sites for hydroxylation is 1. The first-order chi connectivity index (χ1) is 9.31. The zero-order chi connectivity index (χ0) is 15.0. The number of rotatable bonds is 4. The number of benzene rings is 1. The Balaban J connectivity index is 2.51. The molecular weight excluding hydrogens is 271 g/mol. The lowest BCUT2D eigenvalue weighted by atomic mass is 9.85. The smallest absolute Gasteiger partial charge is 0.178 e. The Hall–Kier alpha value is -1.16. The minimum atomic E-state index is -0.190. The molecule has 0 spiro atoms. The van der Waals surface area contributed by atoms with Crippen molar-refractivity contribution in [2.45, 2.75) is 41.2 Å². The van der Waals surface area contributed by atoms with E-state index in [1.165, 1.54) is 6.07 Å². The van der Waals surface area contributed by atoms with Gasteiger partial charge in [-0.05, 0) is 54.6 Å². The monoisotopic (exact) mass is 294 g/mol. The Bertz CT molecular complexity index is 659. The van der Waals surface area contributed by atoms with E-state index in [-0.39, 0.29) is 5.82 Å². The Morgan fingerprint density at radius 1 is 1.20 bits per heavy atom. The summed E-state index contributed by atoms with van der Waals surface area (Å²) < 4.78 is 16.4. The highest BCUT2D eigenvalue weighted by Crippen LogP contribution is 2.26. The number of hydrogen-bond acceptors (Lipinski definition) is 1. The summed E-state index contributed by atoms with van der Waals surface area (Å²) in [5.41, 5.74) is 2.44. The molecule has 0 saturated carbocycles. The third-order valence-electron chi connectivity index (χ3n) is 4.16. The van der Waals surface area contributed by atoms with Gasteiger partial charge in [-0.1, -0.05) is 27.7 Å². The summed E-state index contributed by atoms with van der Waals surface area (Å²) in [5, 5.41) is 0. The third kappa shape index (κ3) is 2.80. The van der Waals surface area contributed by atoms with Crippen LogP contribution in [-0.4, -0.2) is 9.55 Å². The SMILES string of the molecule is Cc1cc2c(cc1F)[nH]c(=S)n2CC(C(C)C)C(C)C. The van der Waals surface area contributed by atoms with E-state index in [2.05, 4.69) is 37.2 Å². The Morgan fingerprint density at radius 3 is 2.35 bits per heavy atom. The molecule has 20 heavy (non-hydrogen) atoms. The first-order valence-corrected chi connectivity index (χ1v) is 7.60. The van der Waals surface area contributed by atoms with Gasteiger partial charge < -0.3 is 9.55 Å². The van der Waals surface area contributed by atoms with Crippen LogP contribution < -0.4 is 0 Å². The van der Waals surface area contributed by atoms with Gasteiger partial charge in [0.25, 0.3) is 0 Å². The van der Waals surface area contributed by atoms with Gasteiger partial charge in [0.1, 0.15) is 5.82 Å². The van der Waals surface area contributed by atoms with Crippen LogP contribution in [-0.2, 0) is 6.54 Å². The first kappa shape index (κ1) is 15.2. The summed E-state index contributed by atoms with van der Waals surface area (Å²) in [5.74, 6) is 1.53. The van der Waals surface area contributed by atoms with E-state index in [1.54, 1.807) is 6.92 Å². The van der Waals surface area contributed by atoms with Gasteiger partial charge in [-0.3, -0.25) is 0 Å². The maximum atomic E-state index is 13.6. The number of imidazole rings is 1. The van der Waals surface area contributed by atoms with Crippen molar-refractivity contribution in [1.82, 2.24) is 9.55 Å². The van der Waals surface area contributed by atoms with Crippen molar-refractivity contribution < 1.29 is 4.39 Å². The van der Waals surface area contributed by atoms with Crippen LogP contribution in [0.3, 0.4) is 0 Å². The maximum Gasteiger partial charge on any atom is 0.178 e. The van der Waals surface area contributed by atoms with Gasteiger partial charge in [0, 0.05) is 6.54 Å². The van der Waals surface area contributed by atoms with Crippen molar-refractivity contribution in [2.75, 3.05) is 0 Å². The summed E-state index contributed by atoms with van der Waals surface area (Å²) in [6, 6.07) is 3.42. The zero-order valence-corrected chi connectivity index (χ0v) is 13.6. The van der Waals surface area contributed by atoms with Crippen molar-refractivity contribution in [2.24, 2.45) is 17.8 Å². The summed E-state index contributed by atoms with van der Waals surface area (Å²) in [6.07, 6.45) is 0. The van der Waals surface area contributed by atoms with Crippen molar-refractivity contribution in [3.8, 4) is 0 Å². The van der Waals surface area contributed by atoms with Crippen LogP contribution in [0.2, 0.25) is 0 Å². The zero-order valence-electron chi connectivity index (χ0n) is 12.8.